The van der Waals surface area contributed by atoms with Gasteiger partial charge in [0.2, 0.25) is 0 Å². The fourth-order valence-electron chi connectivity index (χ4n) is 4.49. The molecule has 0 saturated heterocycles. The van der Waals surface area contributed by atoms with Crippen LogP contribution in [0.25, 0.3) is 0 Å². The number of nitrogens with one attached hydrogen (secondary N) is 3. The van der Waals surface area contributed by atoms with Crippen molar-refractivity contribution in [2.24, 2.45) is 0 Å². The second-order valence-corrected chi connectivity index (χ2v) is 9.85. The molecule has 11 nitrogen and oxygen atoms in total. The summed E-state index contributed by atoms with van der Waals surface area (Å²) in [4.78, 5) is 59.7. The van der Waals surface area contributed by atoms with Crippen LogP contribution in [-0.2, 0) is 26.1 Å². The Morgan fingerprint density at radius 2 is 0.976 bits per heavy atom. The van der Waals surface area contributed by atoms with E-state index in [0.717, 1.165) is 16.7 Å². The van der Waals surface area contributed by atoms with Crippen molar-refractivity contribution in [3.05, 3.63) is 118 Å². The van der Waals surface area contributed by atoms with E-state index in [2.05, 4.69) is 25.9 Å². The van der Waals surface area contributed by atoms with Crippen molar-refractivity contribution < 1.29 is 19.2 Å². The topological polar surface area (TPSA) is 182 Å². The highest BCUT2D eigenvalue weighted by atomic mass is 16.2. The number of hydrogen-bond donors (Lipinski definition) is 5. The summed E-state index contributed by atoms with van der Waals surface area (Å²) in [7, 11) is 0. The zero-order chi connectivity index (χ0) is 29.6. The molecule has 3 amide bonds. The summed E-state index contributed by atoms with van der Waals surface area (Å²) in [6.45, 7) is 0.512. The monoisotopic (exact) mass is 563 g/mol. The number of rotatable bonds is 0. The van der Waals surface area contributed by atoms with Crippen molar-refractivity contribution >= 4 is 34.9 Å². The molecule has 4 aromatic rings. The van der Waals surface area contributed by atoms with Gasteiger partial charge in [-0.2, -0.15) is 0 Å². The van der Waals surface area contributed by atoms with Gasteiger partial charge in [-0.1, -0.05) is 36.4 Å². The fraction of sp³-hybridized carbons (Fsp3) is 0.161. The number of nitrogens with two attached hydrogens (primary N) is 2. The van der Waals surface area contributed by atoms with E-state index < -0.39 is 17.7 Å². The standard InChI is InChI=1S/C31H29N7O4/c32-22-13-18-7-9-20(22)11-12-28(39)24-3-1-4-25(37-24)31(42)36-17-21-10-8-19(14-23(21)33)16-35-30(41)27-6-2-5-26(38-27)29(40)34-15-18/h1-10,13-14H,11-12,15-17,32-33H2,(H,34,40)(H,35,41)(H,36,42). The molecule has 0 unspecified atom stereocenters. The minimum absolute atomic E-state index is 0.0946. The van der Waals surface area contributed by atoms with Crippen LogP contribution in [0.15, 0.2) is 72.8 Å². The summed E-state index contributed by atoms with van der Waals surface area (Å²) in [6, 6.07) is 20.0. The highest BCUT2D eigenvalue weighted by Gasteiger charge is 2.16. The molecular formula is C31H29N7O4. The van der Waals surface area contributed by atoms with Gasteiger partial charge >= 0.3 is 0 Å². The molecule has 7 N–H and O–H groups in total. The van der Waals surface area contributed by atoms with E-state index >= 15 is 0 Å². The van der Waals surface area contributed by atoms with E-state index in [9.17, 15) is 19.2 Å². The van der Waals surface area contributed by atoms with Crippen molar-refractivity contribution in [3.63, 3.8) is 0 Å². The van der Waals surface area contributed by atoms with Crippen LogP contribution in [0.5, 0.6) is 0 Å². The summed E-state index contributed by atoms with van der Waals surface area (Å²) in [5, 5.41) is 8.36. The highest BCUT2D eigenvalue weighted by Crippen LogP contribution is 2.18. The largest absolute Gasteiger partial charge is 0.398 e. The molecule has 11 heteroatoms. The van der Waals surface area contributed by atoms with Crippen LogP contribution in [0.3, 0.4) is 0 Å². The Morgan fingerprint density at radius 3 is 1.50 bits per heavy atom. The average molecular weight is 564 g/mol. The molecule has 8 bridgehead atoms. The van der Waals surface area contributed by atoms with Gasteiger partial charge in [0.15, 0.2) is 5.78 Å². The van der Waals surface area contributed by atoms with Gasteiger partial charge in [0.05, 0.1) is 0 Å². The Bertz CT molecular complexity index is 1590. The number of hydrogen-bond acceptors (Lipinski definition) is 8. The first-order valence-corrected chi connectivity index (χ1v) is 13.3. The predicted molar refractivity (Wildman–Crippen MR) is 156 cm³/mol. The first kappa shape index (κ1) is 28.0. The van der Waals surface area contributed by atoms with Crippen LogP contribution in [0.1, 0.15) is 70.6 Å². The van der Waals surface area contributed by atoms with Crippen LogP contribution in [0, 0.1) is 0 Å². The van der Waals surface area contributed by atoms with E-state index in [1.54, 1.807) is 42.5 Å². The fourth-order valence-corrected chi connectivity index (χ4v) is 4.49. The quantitative estimate of drug-likeness (QED) is 0.202. The minimum atomic E-state index is -0.447. The number of Topliss-reactive ketones (excluding diaryl/α,β-unsaturated/α-hetero) is 1. The maximum Gasteiger partial charge on any atom is 0.270 e. The molecular weight excluding hydrogens is 534 g/mol. The maximum absolute atomic E-state index is 12.9. The van der Waals surface area contributed by atoms with Crippen LogP contribution < -0.4 is 27.4 Å². The number of carbonyl (C=O) groups excluding carboxylic acids is 4. The highest BCUT2D eigenvalue weighted by molar-refractivity contribution is 5.98. The van der Waals surface area contributed by atoms with Crippen molar-refractivity contribution in [2.45, 2.75) is 32.5 Å². The second kappa shape index (κ2) is 12.3. The lowest BCUT2D eigenvalue weighted by Gasteiger charge is -2.12. The number of benzene rings is 2. The first-order chi connectivity index (χ1) is 20.3. The predicted octanol–water partition coefficient (Wildman–Crippen LogP) is 2.56. The third-order valence-electron chi connectivity index (χ3n) is 6.87. The van der Waals surface area contributed by atoms with Gasteiger partial charge in [-0.25, -0.2) is 9.97 Å². The first-order valence-electron chi connectivity index (χ1n) is 13.3. The number of amides is 3. The number of pyridine rings is 2. The van der Waals surface area contributed by atoms with E-state index in [1.165, 1.54) is 18.2 Å². The average Bonchev–Trinajstić information content (AvgIpc) is 3.01. The summed E-state index contributed by atoms with van der Waals surface area (Å²) in [5.74, 6) is -1.55. The molecule has 0 fully saturated rings. The van der Waals surface area contributed by atoms with E-state index in [0.29, 0.717) is 23.4 Å². The normalized spacial score (nSPS) is 14.7. The number of ketones is 1. The lowest BCUT2D eigenvalue weighted by Crippen LogP contribution is -2.27. The number of aryl methyl sites for hydroxylation is 1. The zero-order valence-electron chi connectivity index (χ0n) is 22.6. The number of aromatic nitrogens is 2. The molecule has 4 aliphatic rings. The molecule has 2 aromatic heterocycles. The summed E-state index contributed by atoms with van der Waals surface area (Å²) in [5.41, 5.74) is 16.8. The summed E-state index contributed by atoms with van der Waals surface area (Å²) >= 11 is 0. The minimum Gasteiger partial charge on any atom is -0.398 e. The lowest BCUT2D eigenvalue weighted by molar-refractivity contribution is 0.0929. The van der Waals surface area contributed by atoms with Crippen molar-refractivity contribution in [1.29, 1.82) is 0 Å². The number of nitrogen functional groups attached to an aromatic ring is 2. The Morgan fingerprint density at radius 1 is 0.524 bits per heavy atom. The Hall–Kier alpha value is -5.58. The molecule has 212 valence electrons. The zero-order valence-corrected chi connectivity index (χ0v) is 22.6. The van der Waals surface area contributed by atoms with Gasteiger partial charge in [0.25, 0.3) is 17.7 Å². The van der Waals surface area contributed by atoms with Crippen LogP contribution in [0.4, 0.5) is 11.4 Å². The maximum atomic E-state index is 12.9. The second-order valence-electron chi connectivity index (χ2n) is 9.85. The van der Waals surface area contributed by atoms with Gasteiger partial charge in [-0.3, -0.25) is 19.2 Å². The van der Waals surface area contributed by atoms with Crippen LogP contribution in [-0.4, -0.2) is 33.5 Å². The number of anilines is 2. The molecule has 0 saturated carbocycles. The van der Waals surface area contributed by atoms with E-state index in [-0.39, 0.29) is 54.6 Å². The third kappa shape index (κ3) is 6.58. The smallest absolute Gasteiger partial charge is 0.270 e. The Kier molecular flexibility index (Phi) is 8.19. The van der Waals surface area contributed by atoms with Gasteiger partial charge in [-0.05, 0) is 65.1 Å². The molecule has 6 heterocycles. The summed E-state index contributed by atoms with van der Waals surface area (Å²) < 4.78 is 0. The molecule has 4 aliphatic heterocycles. The van der Waals surface area contributed by atoms with Crippen LogP contribution in [0.2, 0.25) is 0 Å². The van der Waals surface area contributed by atoms with Crippen LogP contribution >= 0.6 is 0 Å². The number of carbonyl (C=O) groups is 4. The van der Waals surface area contributed by atoms with Gasteiger partial charge < -0.3 is 27.4 Å². The molecule has 2 aromatic carbocycles. The van der Waals surface area contributed by atoms with Crippen molar-refractivity contribution in [1.82, 2.24) is 25.9 Å². The SMILES string of the molecule is Nc1cc2ccc1CCC(=O)c1cccc(n1)C(=O)NCc1ccc(cc1N)CNC(=O)c1cccc(n1)C(=O)NC2. The Labute approximate surface area is 241 Å². The van der Waals surface area contributed by atoms with E-state index in [1.807, 2.05) is 12.1 Å². The lowest BCUT2D eigenvalue weighted by atomic mass is 10.0. The molecule has 0 atom stereocenters. The third-order valence-corrected chi connectivity index (χ3v) is 6.87. The molecule has 8 rings (SSSR count). The van der Waals surface area contributed by atoms with Gasteiger partial charge in [0.1, 0.15) is 22.8 Å². The Balaban J connectivity index is 1.40. The molecule has 0 spiro atoms. The number of nitrogens with zero attached hydrogens (tertiary/aromatic N) is 2. The molecule has 0 aliphatic carbocycles. The van der Waals surface area contributed by atoms with Gasteiger partial charge in [-0.15, -0.1) is 0 Å². The summed E-state index contributed by atoms with van der Waals surface area (Å²) in [6.07, 6.45) is 0.528. The van der Waals surface area contributed by atoms with E-state index in [4.69, 9.17) is 11.5 Å². The van der Waals surface area contributed by atoms with Crippen molar-refractivity contribution in [2.75, 3.05) is 11.5 Å². The molecule has 42 heavy (non-hydrogen) atoms. The van der Waals surface area contributed by atoms with Gasteiger partial charge in [0, 0.05) is 37.4 Å². The van der Waals surface area contributed by atoms with Crippen molar-refractivity contribution in [3.8, 4) is 0 Å². The molecule has 0 radical (unpaired) electrons.